The van der Waals surface area contributed by atoms with E-state index in [0.29, 0.717) is 49.9 Å². The minimum absolute atomic E-state index is 0.0354. The smallest absolute Gasteiger partial charge is 0.310 e. The van der Waals surface area contributed by atoms with Gasteiger partial charge in [-0.2, -0.15) is 11.2 Å². The molecule has 0 spiro atoms. The fraction of sp³-hybridized carbons (Fsp3) is 0.967. The Balaban J connectivity index is 6.79. The lowest BCUT2D eigenvalue weighted by molar-refractivity contribution is -0.137. The van der Waals surface area contributed by atoms with E-state index in [-0.39, 0.29) is 12.0 Å². The summed E-state index contributed by atoms with van der Waals surface area (Å²) in [7, 11) is -6.07. The van der Waals surface area contributed by atoms with E-state index < -0.39 is 23.8 Å². The Bertz CT molecular complexity index is 625. The Hall–Kier alpha value is 0.431. The van der Waals surface area contributed by atoms with Crippen LogP contribution < -0.4 is 4.98 Å². The molecule has 0 amide bonds. The van der Waals surface area contributed by atoms with E-state index in [2.05, 4.69) is 141 Å². The van der Waals surface area contributed by atoms with Gasteiger partial charge in [-0.3, -0.25) is 4.79 Å². The maximum absolute atomic E-state index is 14.4. The molecule has 3 nitrogen and oxygen atoms in total. The average molecular weight is 590 g/mol. The summed E-state index contributed by atoms with van der Waals surface area (Å²) >= 11 is 2.17. The highest BCUT2D eigenvalue weighted by Gasteiger charge is 2.52. The van der Waals surface area contributed by atoms with Crippen molar-refractivity contribution in [3.05, 3.63) is 0 Å². The van der Waals surface area contributed by atoms with E-state index in [1.54, 1.807) is 0 Å². The van der Waals surface area contributed by atoms with Crippen LogP contribution in [0.1, 0.15) is 125 Å². The van der Waals surface area contributed by atoms with Crippen molar-refractivity contribution in [1.29, 1.82) is 0 Å². The van der Waals surface area contributed by atoms with Gasteiger partial charge in [-0.15, -0.1) is 0 Å². The summed E-state index contributed by atoms with van der Waals surface area (Å²) in [5.41, 5.74) is 4.77. The molecule has 0 radical (unpaired) electrons. The second-order valence-electron chi connectivity index (χ2n) is 14.5. The summed E-state index contributed by atoms with van der Waals surface area (Å²) in [5, 5.41) is 0. The van der Waals surface area contributed by atoms with Crippen molar-refractivity contribution >= 4 is 41.0 Å². The lowest BCUT2D eigenvalue weighted by Crippen LogP contribution is -2.65. The Labute approximate surface area is 240 Å². The van der Waals surface area contributed by atoms with Gasteiger partial charge in [-0.05, 0) is 49.9 Å². The standard InChI is InChI=1S/C30H67NO2SSi3/c1-20(2)35(21(3)4,22(5)6)31-29(19-34-37(26(13)14,27(15)16)28(17)18)30(32)33-36(23(7)8,24(9)10)25(11)12/h20-29,31H,19H2,1-18H3/t29-/m0/s1. The maximum Gasteiger partial charge on any atom is 0.310 e. The molecule has 0 fully saturated rings. The van der Waals surface area contributed by atoms with Crippen LogP contribution in [0.5, 0.6) is 0 Å². The van der Waals surface area contributed by atoms with Crippen LogP contribution in [0.25, 0.3) is 0 Å². The zero-order valence-electron chi connectivity index (χ0n) is 28.2. The molecule has 0 aliphatic heterocycles. The SMILES string of the molecule is CC(C)[Si](N[C@@H](CS[Si](C(C)C)(C(C)C)C(C)C)C(=O)O[Si](C(C)C)(C(C)C)C(C)C)(C(C)C)C(C)C. The molecule has 0 saturated heterocycles. The first-order chi connectivity index (χ1) is 16.7. The van der Waals surface area contributed by atoms with Gasteiger partial charge in [0.1, 0.15) is 21.5 Å². The quantitative estimate of drug-likeness (QED) is 0.182. The van der Waals surface area contributed by atoms with Gasteiger partial charge in [0, 0.05) is 5.75 Å². The van der Waals surface area contributed by atoms with Gasteiger partial charge in [0.2, 0.25) is 0 Å². The van der Waals surface area contributed by atoms with E-state index in [1.807, 2.05) is 0 Å². The summed E-state index contributed by atoms with van der Waals surface area (Å²) in [5.74, 6) is 0.868. The number of carbonyl (C=O) groups is 1. The molecule has 1 N–H and O–H groups in total. The Morgan fingerprint density at radius 1 is 0.568 bits per heavy atom. The van der Waals surface area contributed by atoms with E-state index in [9.17, 15) is 4.79 Å². The third kappa shape index (κ3) is 7.80. The molecular formula is C30H67NO2SSi3. The molecule has 7 heteroatoms. The minimum Gasteiger partial charge on any atom is -0.517 e. The minimum atomic E-state index is -2.32. The van der Waals surface area contributed by atoms with Crippen LogP contribution in [-0.4, -0.2) is 41.5 Å². The first-order valence-corrected chi connectivity index (χ1v) is 23.6. The van der Waals surface area contributed by atoms with Gasteiger partial charge >= 0.3 is 5.97 Å². The zero-order valence-corrected chi connectivity index (χ0v) is 32.0. The highest BCUT2D eigenvalue weighted by molar-refractivity contribution is 8.29. The summed E-state index contributed by atoms with van der Waals surface area (Å²) < 4.78 is 6.88. The summed E-state index contributed by atoms with van der Waals surface area (Å²) in [6.07, 6.45) is 0. The normalized spacial score (nSPS) is 15.1. The highest BCUT2D eigenvalue weighted by atomic mass is 32.4. The summed E-state index contributed by atoms with van der Waals surface area (Å²) in [6, 6.07) is -0.241. The predicted molar refractivity (Wildman–Crippen MR) is 179 cm³/mol. The fourth-order valence-electron chi connectivity index (χ4n) is 8.30. The lowest BCUT2D eigenvalue weighted by atomic mass is 10.4. The third-order valence-electron chi connectivity index (χ3n) is 9.77. The highest BCUT2D eigenvalue weighted by Crippen LogP contribution is 2.50. The molecule has 0 unspecified atom stereocenters. The largest absolute Gasteiger partial charge is 0.517 e. The molecular weight excluding hydrogens is 523 g/mol. The number of nitrogens with one attached hydrogen (secondary N) is 1. The van der Waals surface area contributed by atoms with Crippen molar-refractivity contribution in [2.75, 3.05) is 5.75 Å². The molecule has 0 aromatic carbocycles. The van der Waals surface area contributed by atoms with Gasteiger partial charge < -0.3 is 9.41 Å². The number of hydrogen-bond acceptors (Lipinski definition) is 4. The van der Waals surface area contributed by atoms with Gasteiger partial charge in [0.05, 0.1) is 0 Å². The van der Waals surface area contributed by atoms with Crippen molar-refractivity contribution in [2.24, 2.45) is 0 Å². The zero-order chi connectivity index (χ0) is 29.7. The van der Waals surface area contributed by atoms with E-state index in [4.69, 9.17) is 4.43 Å². The summed E-state index contributed by atoms with van der Waals surface area (Å²) in [6.45, 7) is 42.4. The van der Waals surface area contributed by atoms with Gasteiger partial charge in [0.25, 0.3) is 8.32 Å². The second-order valence-corrected chi connectivity index (χ2v) is 34.2. The van der Waals surface area contributed by atoms with E-state index in [0.717, 1.165) is 5.75 Å². The molecule has 0 aliphatic rings. The van der Waals surface area contributed by atoms with Crippen molar-refractivity contribution in [3.63, 3.8) is 0 Å². The molecule has 1 atom stereocenters. The lowest BCUT2D eigenvalue weighted by Gasteiger charge is -2.48. The third-order valence-corrected chi connectivity index (χ3v) is 35.0. The first-order valence-electron chi connectivity index (χ1n) is 15.3. The average Bonchev–Trinajstić information content (AvgIpc) is 2.71. The van der Waals surface area contributed by atoms with Crippen LogP contribution in [0.4, 0.5) is 0 Å². The molecule has 37 heavy (non-hydrogen) atoms. The van der Waals surface area contributed by atoms with Crippen molar-refractivity contribution < 1.29 is 9.22 Å². The van der Waals surface area contributed by atoms with Crippen LogP contribution in [0.2, 0.25) is 49.9 Å². The molecule has 222 valence electrons. The molecule has 0 saturated carbocycles. The van der Waals surface area contributed by atoms with Crippen LogP contribution in [0.15, 0.2) is 0 Å². The molecule has 0 bridgehead atoms. The van der Waals surface area contributed by atoms with Crippen molar-refractivity contribution in [1.82, 2.24) is 4.98 Å². The van der Waals surface area contributed by atoms with Gasteiger partial charge in [-0.25, -0.2) is 0 Å². The maximum atomic E-state index is 14.4. The number of carbonyl (C=O) groups excluding carboxylic acids is 1. The van der Waals surface area contributed by atoms with E-state index >= 15 is 0 Å². The van der Waals surface area contributed by atoms with E-state index in [1.165, 1.54) is 0 Å². The number of hydrogen-bond donors (Lipinski definition) is 1. The molecule has 0 aliphatic carbocycles. The predicted octanol–water partition coefficient (Wildman–Crippen LogP) is 10.7. The molecule has 0 heterocycles. The number of rotatable bonds is 16. The molecule has 0 rings (SSSR count). The Morgan fingerprint density at radius 3 is 1.14 bits per heavy atom. The Kier molecular flexibility index (Phi) is 15.1. The van der Waals surface area contributed by atoms with Crippen molar-refractivity contribution in [3.8, 4) is 0 Å². The van der Waals surface area contributed by atoms with Crippen LogP contribution >= 0.6 is 11.2 Å². The van der Waals surface area contributed by atoms with Crippen LogP contribution in [-0.2, 0) is 9.22 Å². The fourth-order valence-corrected chi connectivity index (χ4v) is 29.5. The van der Waals surface area contributed by atoms with Gasteiger partial charge in [-0.1, -0.05) is 125 Å². The monoisotopic (exact) mass is 589 g/mol. The van der Waals surface area contributed by atoms with Gasteiger partial charge in [0.15, 0.2) is 0 Å². The van der Waals surface area contributed by atoms with Crippen LogP contribution in [0.3, 0.4) is 0 Å². The van der Waals surface area contributed by atoms with Crippen molar-refractivity contribution in [2.45, 2.75) is 181 Å². The summed E-state index contributed by atoms with van der Waals surface area (Å²) in [4.78, 5) is 18.6. The topological polar surface area (TPSA) is 38.3 Å². The van der Waals surface area contributed by atoms with Crippen LogP contribution in [0, 0.1) is 0 Å². The first kappa shape index (κ1) is 37.4. The Morgan fingerprint density at radius 2 is 0.892 bits per heavy atom. The second kappa shape index (κ2) is 14.9. The molecule has 0 aromatic heterocycles. The molecule has 0 aromatic rings.